The topological polar surface area (TPSA) is 427 Å². The SMILES string of the molecule is [C-]#[N+]C[C@@H](O)[C@@H]1NC(=O)[C@H]([C@H](O)Cc2ccc(O)c(OSOO[O-])c2)NC(=O)[C@@H]2C[C@H](O)CN2C(=O)[C@H]([C@H](C)O)NC(=O)[C@@H](NC(=O)c2ccc(-c3nnc(-c4ccc(-c5ccc(OCCCOC)cc5)cc4)s3)cc2)C[C@H](O)CNC(=O)[C@@H]2[C@@H](O)[C@H](C)CN2C1=O.[Na+]. The predicted octanol–water partition coefficient (Wildman–Crippen LogP) is -4.30. The number of aliphatic hydroxyl groups is 6. The van der Waals surface area contributed by atoms with Gasteiger partial charge in [-0.1, -0.05) is 72.9 Å². The Morgan fingerprint density at radius 1 is 0.774 bits per heavy atom. The predicted molar refractivity (Wildman–Crippen MR) is 323 cm³/mol. The first kappa shape index (κ1) is 73.0. The molecule has 492 valence electrons. The first-order chi connectivity index (χ1) is 44.1. The maximum atomic E-state index is 14.6. The van der Waals surface area contributed by atoms with Crippen LogP contribution in [-0.4, -0.2) is 216 Å². The molecule has 0 aliphatic carbocycles. The van der Waals surface area contributed by atoms with E-state index in [1.165, 1.54) is 36.5 Å². The van der Waals surface area contributed by atoms with Gasteiger partial charge in [0.1, 0.15) is 52.0 Å². The minimum absolute atomic E-state index is 0. The zero-order valence-corrected chi connectivity index (χ0v) is 54.4. The quantitative estimate of drug-likeness (QED) is 0.00876. The number of fused-ring (bicyclic) bond motifs is 2. The summed E-state index contributed by atoms with van der Waals surface area (Å²) in [5, 5.41) is 114. The number of nitrogens with zero attached hydrogens (tertiary/aromatic N) is 5. The van der Waals surface area contributed by atoms with Crippen molar-refractivity contribution >= 4 is 65.0 Å². The Labute approximate surface area is 563 Å². The second-order valence-corrected chi connectivity index (χ2v) is 23.6. The molecule has 3 fully saturated rings. The van der Waals surface area contributed by atoms with Crippen LogP contribution in [0.4, 0.5) is 0 Å². The fourth-order valence-electron chi connectivity index (χ4n) is 10.7. The Kier molecular flexibility index (Phi) is 26.8. The molecule has 13 atom stereocenters. The minimum atomic E-state index is -2.16. The maximum absolute atomic E-state index is 14.6. The Balaban J connectivity index is 0.0000123. The van der Waals surface area contributed by atoms with E-state index in [0.717, 1.165) is 57.7 Å². The fourth-order valence-corrected chi connectivity index (χ4v) is 11.8. The number of rotatable bonds is 20. The molecule has 30 nitrogen and oxygen atoms in total. The van der Waals surface area contributed by atoms with E-state index >= 15 is 0 Å². The Morgan fingerprint density at radius 3 is 2.02 bits per heavy atom. The molecule has 1 aromatic heterocycles. The Morgan fingerprint density at radius 2 is 1.39 bits per heavy atom. The molecule has 5 aromatic rings. The van der Waals surface area contributed by atoms with Crippen molar-refractivity contribution in [2.75, 3.05) is 46.5 Å². The normalized spacial score (nSPS) is 24.3. The third kappa shape index (κ3) is 18.7. The number of aliphatic hydroxyl groups excluding tert-OH is 6. The number of benzene rings is 4. The van der Waals surface area contributed by atoms with Crippen molar-refractivity contribution in [1.29, 1.82) is 0 Å². The summed E-state index contributed by atoms with van der Waals surface area (Å²) in [6.07, 6.45) is -11.6. The molecule has 93 heavy (non-hydrogen) atoms. The number of nitrogens with one attached hydrogen (secondary N) is 5. The van der Waals surface area contributed by atoms with Crippen LogP contribution in [0.15, 0.2) is 91.0 Å². The van der Waals surface area contributed by atoms with Crippen molar-refractivity contribution in [2.45, 2.75) is 112 Å². The Hall–Kier alpha value is -7.43. The van der Waals surface area contributed by atoms with Crippen LogP contribution < -0.4 is 70.3 Å². The van der Waals surface area contributed by atoms with Crippen LogP contribution in [0.2, 0.25) is 0 Å². The molecule has 0 unspecified atom stereocenters. The number of phenolic OH excluding ortho intramolecular Hbond substituents is 1. The van der Waals surface area contributed by atoms with Gasteiger partial charge in [-0.15, -0.1) is 14.5 Å². The third-order valence-corrected chi connectivity index (χ3v) is 17.0. The summed E-state index contributed by atoms with van der Waals surface area (Å²) in [7, 11) is 1.64. The number of β-amino-alcohol motifs (C(OH)–C–C–N with tert-alkyl or cyclic N) is 1. The van der Waals surface area contributed by atoms with E-state index in [9.17, 15) is 74.6 Å². The van der Waals surface area contributed by atoms with Crippen molar-refractivity contribution in [1.82, 2.24) is 46.6 Å². The molecule has 3 aliphatic heterocycles. The molecule has 3 saturated heterocycles. The number of carbonyl (C=O) groups excluding carboxylic acids is 7. The van der Waals surface area contributed by atoms with Gasteiger partial charge in [-0.3, -0.25) is 38.6 Å². The molecule has 12 N–H and O–H groups in total. The van der Waals surface area contributed by atoms with Gasteiger partial charge in [-0.25, -0.2) is 6.57 Å². The number of hydrogen-bond donors (Lipinski definition) is 12. The molecule has 0 spiro atoms. The van der Waals surface area contributed by atoms with Crippen LogP contribution in [0.25, 0.3) is 37.1 Å². The zero-order valence-electron chi connectivity index (χ0n) is 50.7. The fraction of sp³-hybridized carbons (Fsp3) is 0.433. The smallest absolute Gasteiger partial charge is 0.691 e. The standard InChI is InChI=1S/C60H70N10O20S2.Na/c1-30-28-70-50(51(30)77)56(82)62-26-38(72)24-41(63-52(78)35-9-13-37(14-10-35)58-68-67-57(91-58)36-11-7-33(8-12-36)34-15-17-40(18-16-34)87-21-5-20-86-4)53(79)64-47(31(2)71)59(83)69-29-39(73)25-42(69)54(80)65-48(55(81)66-49(60(70)84)45(76)27-61-3)44(75)22-32-6-19-43(74)46(23-32)88-92-90-89-85;/h6-19,23,30-31,38-39,41-42,44-45,47-51,71-77,85H,5,20-22,24-29H2,1-2,4H3,(H,62,82)(H,63,78)(H,64,79)(H,65,80)(H,66,81);/q;+1/p-1/t30-,31+,38+,39+,41+,42+,44-,45-,47+,48+,49+,50+,51+;/m1./s1. The van der Waals surface area contributed by atoms with E-state index < -0.39 is 165 Å². The van der Waals surface area contributed by atoms with Gasteiger partial charge < -0.3 is 95.9 Å². The van der Waals surface area contributed by atoms with Crippen LogP contribution >= 0.6 is 23.7 Å². The van der Waals surface area contributed by atoms with Crippen LogP contribution in [0, 0.1) is 12.5 Å². The van der Waals surface area contributed by atoms with Crippen LogP contribution in [0.5, 0.6) is 17.2 Å². The number of ether oxygens (including phenoxy) is 2. The van der Waals surface area contributed by atoms with E-state index in [4.69, 9.17) is 20.2 Å². The van der Waals surface area contributed by atoms with Crippen LogP contribution in [0.1, 0.15) is 49.0 Å². The largest absolute Gasteiger partial charge is 1.00 e. The monoisotopic (exact) mass is 1340 g/mol. The molecule has 7 amide bonds. The van der Waals surface area contributed by atoms with Gasteiger partial charge in [-0.2, -0.15) is 0 Å². The number of phenols is 1. The van der Waals surface area contributed by atoms with E-state index in [-0.39, 0.29) is 65.3 Å². The zero-order chi connectivity index (χ0) is 66.3. The first-order valence-corrected chi connectivity index (χ1v) is 30.5. The number of hydrogen-bond acceptors (Lipinski definition) is 24. The number of aromatic nitrogens is 2. The van der Waals surface area contributed by atoms with Gasteiger partial charge in [0.25, 0.3) is 18.2 Å². The van der Waals surface area contributed by atoms with E-state index in [1.54, 1.807) is 19.2 Å². The molecule has 8 rings (SSSR count). The molecule has 0 bridgehead atoms. The summed E-state index contributed by atoms with van der Waals surface area (Å²) < 4.78 is 20.0. The van der Waals surface area contributed by atoms with Crippen molar-refractivity contribution in [2.24, 2.45) is 5.92 Å². The van der Waals surface area contributed by atoms with E-state index in [0.29, 0.717) is 28.8 Å². The van der Waals surface area contributed by atoms with Crippen molar-refractivity contribution < 1.29 is 127 Å². The molecular weight excluding hydrogens is 1270 g/mol. The molecule has 0 radical (unpaired) electrons. The van der Waals surface area contributed by atoms with Crippen molar-refractivity contribution in [3.63, 3.8) is 0 Å². The van der Waals surface area contributed by atoms with Gasteiger partial charge in [0, 0.05) is 81.6 Å². The van der Waals surface area contributed by atoms with Gasteiger partial charge in [0.05, 0.1) is 37.1 Å². The molecule has 3 aliphatic rings. The molecule has 33 heteroatoms. The summed E-state index contributed by atoms with van der Waals surface area (Å²) in [6, 6.07) is 13.6. The number of methoxy groups -OCH3 is 1. The van der Waals surface area contributed by atoms with Gasteiger partial charge in [0.15, 0.2) is 17.6 Å². The van der Waals surface area contributed by atoms with Crippen LogP contribution in [0.3, 0.4) is 0 Å². The first-order valence-electron chi connectivity index (χ1n) is 29.0. The second-order valence-electron chi connectivity index (χ2n) is 22.2. The van der Waals surface area contributed by atoms with Crippen molar-refractivity contribution in [3.05, 3.63) is 114 Å². The van der Waals surface area contributed by atoms with Gasteiger partial charge >= 0.3 is 29.6 Å². The van der Waals surface area contributed by atoms with E-state index in [1.807, 2.05) is 48.5 Å². The van der Waals surface area contributed by atoms with E-state index in [2.05, 4.69) is 51.0 Å². The molecule has 4 aromatic carbocycles. The Bertz CT molecular complexity index is 3440. The van der Waals surface area contributed by atoms with Gasteiger partial charge in [-0.05, 0) is 60.0 Å². The van der Waals surface area contributed by atoms with Crippen molar-refractivity contribution in [3.8, 4) is 49.5 Å². The summed E-state index contributed by atoms with van der Waals surface area (Å²) in [5.41, 5.74) is 3.42. The summed E-state index contributed by atoms with van der Waals surface area (Å²) >= 11 is 1.30. The molecular formula is C60H69N10NaO20S2. The average molecular weight is 1340 g/mol. The maximum Gasteiger partial charge on any atom is 1.00 e. The molecule has 0 saturated carbocycles. The number of carbonyl (C=O) groups is 7. The summed E-state index contributed by atoms with van der Waals surface area (Å²) in [5.74, 6) is -9.01. The second kappa shape index (κ2) is 34.1. The van der Waals surface area contributed by atoms with Crippen LogP contribution in [-0.2, 0) is 49.3 Å². The number of amides is 7. The molecule has 4 heterocycles. The number of aromatic hydroxyl groups is 1. The minimum Gasteiger partial charge on any atom is -0.691 e. The summed E-state index contributed by atoms with van der Waals surface area (Å²) in [4.78, 5) is 106. The third-order valence-electron chi connectivity index (χ3n) is 15.6. The van der Waals surface area contributed by atoms with Gasteiger partial charge in [0.2, 0.25) is 42.0 Å². The summed E-state index contributed by atoms with van der Waals surface area (Å²) in [6.45, 7) is 8.73. The average Bonchev–Trinajstić information content (AvgIpc) is 1.70.